The molecule has 1 aromatic heterocycles. The molecule has 0 radical (unpaired) electrons. The summed E-state index contributed by atoms with van der Waals surface area (Å²) in [5.74, 6) is 0.378. The molecule has 0 saturated carbocycles. The van der Waals surface area contributed by atoms with Gasteiger partial charge in [-0.05, 0) is 38.1 Å². The van der Waals surface area contributed by atoms with E-state index in [1.165, 1.54) is 6.07 Å². The van der Waals surface area contributed by atoms with Gasteiger partial charge >= 0.3 is 0 Å². The second kappa shape index (κ2) is 6.08. The fourth-order valence-corrected chi connectivity index (χ4v) is 2.46. The zero-order valence-electron chi connectivity index (χ0n) is 13.1. The molecule has 0 unspecified atom stereocenters. The molecule has 0 bridgehead atoms. The number of amides is 1. The van der Waals surface area contributed by atoms with Gasteiger partial charge in [-0.25, -0.2) is 0 Å². The summed E-state index contributed by atoms with van der Waals surface area (Å²) in [4.78, 5) is 24.0. The van der Waals surface area contributed by atoms with Crippen molar-refractivity contribution in [2.24, 2.45) is 0 Å². The number of nitrogens with one attached hydrogen (secondary N) is 1. The van der Waals surface area contributed by atoms with Gasteiger partial charge in [-0.1, -0.05) is 23.8 Å². The van der Waals surface area contributed by atoms with Crippen molar-refractivity contribution in [3.63, 3.8) is 0 Å². The van der Waals surface area contributed by atoms with Gasteiger partial charge in [0.15, 0.2) is 5.43 Å². The summed E-state index contributed by atoms with van der Waals surface area (Å²) in [7, 11) is 0. The van der Waals surface area contributed by atoms with Crippen molar-refractivity contribution in [2.45, 2.75) is 13.8 Å². The van der Waals surface area contributed by atoms with Crippen LogP contribution in [0.25, 0.3) is 22.3 Å². The van der Waals surface area contributed by atoms with Gasteiger partial charge in [-0.2, -0.15) is 0 Å². The Labute approximate surface area is 133 Å². The highest BCUT2D eigenvalue weighted by molar-refractivity contribution is 5.94. The Hall–Kier alpha value is -2.88. The molecule has 3 rings (SSSR count). The van der Waals surface area contributed by atoms with Crippen molar-refractivity contribution in [3.8, 4) is 11.3 Å². The molecule has 0 atom stereocenters. The maximum atomic E-state index is 12.3. The monoisotopic (exact) mass is 307 g/mol. The minimum atomic E-state index is -0.116. The van der Waals surface area contributed by atoms with Crippen molar-refractivity contribution in [1.82, 2.24) is 5.32 Å². The van der Waals surface area contributed by atoms with Crippen LogP contribution in [0.2, 0.25) is 0 Å². The van der Waals surface area contributed by atoms with Gasteiger partial charge < -0.3 is 9.73 Å². The number of hydrogen-bond donors (Lipinski definition) is 1. The third kappa shape index (κ3) is 3.01. The molecule has 4 heteroatoms. The van der Waals surface area contributed by atoms with Crippen LogP contribution in [0.3, 0.4) is 0 Å². The molecule has 0 aliphatic heterocycles. The predicted molar refractivity (Wildman–Crippen MR) is 90.7 cm³/mol. The van der Waals surface area contributed by atoms with Crippen LogP contribution in [0.4, 0.5) is 0 Å². The lowest BCUT2D eigenvalue weighted by atomic mass is 10.1. The van der Waals surface area contributed by atoms with Gasteiger partial charge in [0.25, 0.3) is 5.91 Å². The Balaban J connectivity index is 2.02. The lowest BCUT2D eigenvalue weighted by molar-refractivity contribution is 0.0956. The van der Waals surface area contributed by atoms with Crippen molar-refractivity contribution in [3.05, 3.63) is 69.9 Å². The van der Waals surface area contributed by atoms with E-state index < -0.39 is 0 Å². The van der Waals surface area contributed by atoms with Crippen molar-refractivity contribution in [2.75, 3.05) is 6.54 Å². The van der Waals surface area contributed by atoms with Crippen LogP contribution >= 0.6 is 0 Å². The normalized spacial score (nSPS) is 10.7. The van der Waals surface area contributed by atoms with Crippen LogP contribution in [0.5, 0.6) is 0 Å². The lowest BCUT2D eigenvalue weighted by Crippen LogP contribution is -2.22. The summed E-state index contributed by atoms with van der Waals surface area (Å²) in [5.41, 5.74) is 2.85. The molecule has 1 N–H and O–H groups in total. The summed E-state index contributed by atoms with van der Waals surface area (Å²) in [6, 6.07) is 14.0. The molecule has 3 aromatic rings. The van der Waals surface area contributed by atoms with Crippen molar-refractivity contribution in [1.29, 1.82) is 0 Å². The second-order valence-electron chi connectivity index (χ2n) is 5.41. The van der Waals surface area contributed by atoms with E-state index in [9.17, 15) is 9.59 Å². The average Bonchev–Trinajstić information content (AvgIpc) is 2.56. The number of rotatable bonds is 3. The van der Waals surface area contributed by atoms with Crippen LogP contribution < -0.4 is 10.7 Å². The maximum absolute atomic E-state index is 12.3. The Morgan fingerprint density at radius 1 is 1.09 bits per heavy atom. The molecule has 4 nitrogen and oxygen atoms in total. The standard InChI is InChI=1S/C19H17NO3/c1-3-20-19(22)14-7-5-13(6-8-14)18-11-16(21)15-10-12(2)4-9-17(15)23-18/h4-11H,3H2,1-2H3,(H,20,22). The zero-order valence-corrected chi connectivity index (χ0v) is 13.1. The minimum Gasteiger partial charge on any atom is -0.456 e. The number of benzene rings is 2. The molecule has 116 valence electrons. The molecule has 0 spiro atoms. The van der Waals surface area contributed by atoms with Crippen molar-refractivity contribution >= 4 is 16.9 Å². The number of hydrogen-bond acceptors (Lipinski definition) is 3. The highest BCUT2D eigenvalue weighted by atomic mass is 16.3. The van der Waals surface area contributed by atoms with Crippen LogP contribution in [-0.4, -0.2) is 12.5 Å². The Morgan fingerprint density at radius 2 is 1.83 bits per heavy atom. The summed E-state index contributed by atoms with van der Waals surface area (Å²) >= 11 is 0. The molecule has 0 aliphatic carbocycles. The molecule has 0 aliphatic rings. The molecule has 2 aromatic carbocycles. The first-order valence-electron chi connectivity index (χ1n) is 7.51. The maximum Gasteiger partial charge on any atom is 0.251 e. The molecular weight excluding hydrogens is 290 g/mol. The van der Waals surface area contributed by atoms with Gasteiger partial charge in [-0.3, -0.25) is 9.59 Å². The second-order valence-corrected chi connectivity index (χ2v) is 5.41. The predicted octanol–water partition coefficient (Wildman–Crippen LogP) is 3.52. The SMILES string of the molecule is CCNC(=O)c1ccc(-c2cc(=O)c3cc(C)ccc3o2)cc1. The first kappa shape index (κ1) is 15.0. The number of fused-ring (bicyclic) bond motifs is 1. The number of carbonyl (C=O) groups excluding carboxylic acids is 1. The quantitative estimate of drug-likeness (QED) is 0.805. The summed E-state index contributed by atoms with van der Waals surface area (Å²) < 4.78 is 5.83. The van der Waals surface area contributed by atoms with Crippen LogP contribution in [0.1, 0.15) is 22.8 Å². The van der Waals surface area contributed by atoms with E-state index in [4.69, 9.17) is 4.42 Å². The topological polar surface area (TPSA) is 59.3 Å². The highest BCUT2D eigenvalue weighted by Crippen LogP contribution is 2.23. The fraction of sp³-hybridized carbons (Fsp3) is 0.158. The van der Waals surface area contributed by atoms with E-state index in [-0.39, 0.29) is 11.3 Å². The van der Waals surface area contributed by atoms with Gasteiger partial charge in [0, 0.05) is 23.7 Å². The zero-order chi connectivity index (χ0) is 16.4. The molecule has 0 fully saturated rings. The lowest BCUT2D eigenvalue weighted by Gasteiger charge is -2.06. The number of aryl methyl sites for hydroxylation is 1. The number of carbonyl (C=O) groups is 1. The first-order valence-corrected chi connectivity index (χ1v) is 7.51. The van der Waals surface area contributed by atoms with Gasteiger partial charge in [-0.15, -0.1) is 0 Å². The average molecular weight is 307 g/mol. The largest absolute Gasteiger partial charge is 0.456 e. The third-order valence-electron chi connectivity index (χ3n) is 3.65. The molecule has 23 heavy (non-hydrogen) atoms. The Morgan fingerprint density at radius 3 is 2.52 bits per heavy atom. The fourth-order valence-electron chi connectivity index (χ4n) is 2.46. The van der Waals surface area contributed by atoms with E-state index in [1.807, 2.05) is 26.0 Å². The highest BCUT2D eigenvalue weighted by Gasteiger charge is 2.09. The summed E-state index contributed by atoms with van der Waals surface area (Å²) in [6.45, 7) is 4.39. The minimum absolute atomic E-state index is 0.0715. The molecular formula is C19H17NO3. The van der Waals surface area contributed by atoms with Crippen LogP contribution in [0, 0.1) is 6.92 Å². The summed E-state index contributed by atoms with van der Waals surface area (Å²) in [6.07, 6.45) is 0. The Kier molecular flexibility index (Phi) is 3.98. The van der Waals surface area contributed by atoms with E-state index in [0.717, 1.165) is 11.1 Å². The Bertz CT molecular complexity index is 923. The first-order chi connectivity index (χ1) is 11.1. The summed E-state index contributed by atoms with van der Waals surface area (Å²) in [5, 5.41) is 3.32. The molecule has 0 saturated heterocycles. The van der Waals surface area contributed by atoms with Crippen molar-refractivity contribution < 1.29 is 9.21 Å². The van der Waals surface area contributed by atoms with Crippen LogP contribution in [0.15, 0.2) is 57.7 Å². The molecule has 1 amide bonds. The van der Waals surface area contributed by atoms with E-state index in [0.29, 0.717) is 28.8 Å². The van der Waals surface area contributed by atoms with E-state index in [1.54, 1.807) is 30.3 Å². The van der Waals surface area contributed by atoms with Crippen LogP contribution in [-0.2, 0) is 0 Å². The van der Waals surface area contributed by atoms with Gasteiger partial charge in [0.2, 0.25) is 0 Å². The third-order valence-corrected chi connectivity index (χ3v) is 3.65. The van der Waals surface area contributed by atoms with Gasteiger partial charge in [0.1, 0.15) is 11.3 Å². The smallest absolute Gasteiger partial charge is 0.251 e. The van der Waals surface area contributed by atoms with E-state index >= 15 is 0 Å². The molecule has 1 heterocycles. The van der Waals surface area contributed by atoms with Gasteiger partial charge in [0.05, 0.1) is 5.39 Å². The van der Waals surface area contributed by atoms with E-state index in [2.05, 4.69) is 5.32 Å².